The summed E-state index contributed by atoms with van der Waals surface area (Å²) in [4.78, 5) is 12.3. The number of hydrazine groups is 1. The first-order valence-electron chi connectivity index (χ1n) is 8.23. The Morgan fingerprint density at radius 3 is 2.56 bits per heavy atom. The monoisotopic (exact) mass is 381 g/mol. The minimum Gasteiger partial charge on any atom is -0.504 e. The van der Waals surface area contributed by atoms with Crippen molar-refractivity contribution in [2.45, 2.75) is 13.8 Å². The number of para-hydroxylation sites is 1. The van der Waals surface area contributed by atoms with E-state index >= 15 is 0 Å². The van der Waals surface area contributed by atoms with Gasteiger partial charge < -0.3 is 10.4 Å². The predicted octanol–water partition coefficient (Wildman–Crippen LogP) is 2.83. The maximum atomic E-state index is 12.3. The largest absolute Gasteiger partial charge is 0.504 e. The van der Waals surface area contributed by atoms with E-state index in [1.807, 2.05) is 62.4 Å². The van der Waals surface area contributed by atoms with Gasteiger partial charge in [-0.15, -0.1) is 0 Å². The van der Waals surface area contributed by atoms with Gasteiger partial charge >= 0.3 is 0 Å². The van der Waals surface area contributed by atoms with Crippen LogP contribution in [0.1, 0.15) is 21.6 Å². The highest BCUT2D eigenvalue weighted by Crippen LogP contribution is 2.18. The van der Waals surface area contributed by atoms with E-state index < -0.39 is 5.91 Å². The number of carbonyl (C=O) groups is 1. The summed E-state index contributed by atoms with van der Waals surface area (Å²) in [6.07, 6.45) is 1.37. The molecular weight excluding hydrogens is 362 g/mol. The molecule has 0 unspecified atom stereocenters. The summed E-state index contributed by atoms with van der Waals surface area (Å²) >= 11 is 5.20. The van der Waals surface area contributed by atoms with Crippen molar-refractivity contribution in [3.8, 4) is 11.4 Å². The maximum absolute atomic E-state index is 12.3. The second-order valence-corrected chi connectivity index (χ2v) is 6.33. The zero-order valence-electron chi connectivity index (χ0n) is 14.9. The number of benzene rings is 2. The molecule has 1 aromatic heterocycles. The van der Waals surface area contributed by atoms with Gasteiger partial charge in [0.15, 0.2) is 16.6 Å². The Labute approximate surface area is 162 Å². The summed E-state index contributed by atoms with van der Waals surface area (Å²) in [6, 6.07) is 15.0. The molecule has 0 aliphatic heterocycles. The van der Waals surface area contributed by atoms with Gasteiger partial charge in [-0.3, -0.25) is 15.6 Å². The number of amides is 1. The first-order chi connectivity index (χ1) is 13.0. The van der Waals surface area contributed by atoms with Gasteiger partial charge in [-0.1, -0.05) is 30.3 Å². The molecule has 0 spiro atoms. The molecule has 1 amide bonds. The predicted molar refractivity (Wildman–Crippen MR) is 108 cm³/mol. The molecule has 0 atom stereocenters. The number of aryl methyl sites for hydroxylation is 1. The quantitative estimate of drug-likeness (QED) is 0.412. The van der Waals surface area contributed by atoms with Crippen LogP contribution in [-0.2, 0) is 0 Å². The number of aromatic hydroxyl groups is 1. The molecule has 2 aromatic carbocycles. The van der Waals surface area contributed by atoms with Gasteiger partial charge in [0.25, 0.3) is 5.91 Å². The van der Waals surface area contributed by atoms with E-state index in [9.17, 15) is 9.90 Å². The molecule has 0 saturated heterocycles. The van der Waals surface area contributed by atoms with E-state index in [1.54, 1.807) is 0 Å². The Balaban J connectivity index is 1.63. The number of hydrogen-bond acceptors (Lipinski definition) is 4. The van der Waals surface area contributed by atoms with Gasteiger partial charge in [-0.05, 0) is 55.4 Å². The third kappa shape index (κ3) is 4.24. The van der Waals surface area contributed by atoms with E-state index in [1.165, 1.54) is 10.9 Å². The lowest BCUT2D eigenvalue weighted by Gasteiger charge is -2.14. The minimum atomic E-state index is -0.604. The van der Waals surface area contributed by atoms with Crippen molar-refractivity contribution in [2.24, 2.45) is 0 Å². The molecule has 4 N–H and O–H groups in total. The highest BCUT2D eigenvalue weighted by Gasteiger charge is 2.17. The first-order valence-corrected chi connectivity index (χ1v) is 8.64. The fourth-order valence-electron chi connectivity index (χ4n) is 2.45. The van der Waals surface area contributed by atoms with Crippen LogP contribution < -0.4 is 16.2 Å². The molecule has 0 aliphatic rings. The summed E-state index contributed by atoms with van der Waals surface area (Å²) in [7, 11) is 0. The lowest BCUT2D eigenvalue weighted by Crippen LogP contribution is -2.44. The lowest BCUT2D eigenvalue weighted by molar-refractivity contribution is 0.0936. The number of anilines is 1. The first kappa shape index (κ1) is 18.4. The van der Waals surface area contributed by atoms with Crippen LogP contribution in [0.4, 0.5) is 5.69 Å². The van der Waals surface area contributed by atoms with Crippen molar-refractivity contribution in [3.63, 3.8) is 0 Å². The van der Waals surface area contributed by atoms with E-state index in [0.29, 0.717) is 0 Å². The second-order valence-electron chi connectivity index (χ2n) is 5.92. The minimum absolute atomic E-state index is 0.110. The SMILES string of the molecule is Cc1cccc(NC(=S)NNC(=O)c2nn(-c3ccccc3)cc2O)c1C. The van der Waals surface area contributed by atoms with Crippen molar-refractivity contribution in [1.29, 1.82) is 0 Å². The van der Waals surface area contributed by atoms with Gasteiger partial charge in [0.1, 0.15) is 0 Å². The number of nitrogens with one attached hydrogen (secondary N) is 3. The van der Waals surface area contributed by atoms with Crippen molar-refractivity contribution < 1.29 is 9.90 Å². The topological polar surface area (TPSA) is 91.2 Å². The van der Waals surface area contributed by atoms with Crippen LogP contribution >= 0.6 is 12.2 Å². The van der Waals surface area contributed by atoms with Crippen LogP contribution in [0.25, 0.3) is 5.69 Å². The average molecular weight is 381 g/mol. The molecule has 3 aromatic rings. The molecule has 138 valence electrons. The number of rotatable bonds is 3. The van der Waals surface area contributed by atoms with Crippen LogP contribution in [0.2, 0.25) is 0 Å². The van der Waals surface area contributed by atoms with E-state index in [2.05, 4.69) is 21.3 Å². The van der Waals surface area contributed by atoms with Crippen molar-refractivity contribution in [2.75, 3.05) is 5.32 Å². The standard InChI is InChI=1S/C19H19N5O2S/c1-12-7-6-10-15(13(12)2)20-19(27)22-21-18(26)17-16(25)11-24(23-17)14-8-4-3-5-9-14/h3-11,25H,1-2H3,(H,21,26)(H2,20,22,27). The van der Waals surface area contributed by atoms with E-state index in [4.69, 9.17) is 12.2 Å². The van der Waals surface area contributed by atoms with E-state index in [-0.39, 0.29) is 16.6 Å². The van der Waals surface area contributed by atoms with Crippen LogP contribution in [0.5, 0.6) is 5.75 Å². The molecule has 0 radical (unpaired) electrons. The van der Waals surface area contributed by atoms with Gasteiger partial charge in [0.2, 0.25) is 0 Å². The van der Waals surface area contributed by atoms with Gasteiger partial charge in [0, 0.05) is 5.69 Å². The Morgan fingerprint density at radius 2 is 1.81 bits per heavy atom. The highest BCUT2D eigenvalue weighted by atomic mass is 32.1. The van der Waals surface area contributed by atoms with Crippen LogP contribution in [-0.4, -0.2) is 25.9 Å². The average Bonchev–Trinajstić information content (AvgIpc) is 3.06. The third-order valence-electron chi connectivity index (χ3n) is 4.07. The van der Waals surface area contributed by atoms with Crippen LogP contribution in [0, 0.1) is 13.8 Å². The number of aromatic nitrogens is 2. The van der Waals surface area contributed by atoms with Crippen LogP contribution in [0.15, 0.2) is 54.7 Å². The zero-order chi connectivity index (χ0) is 19.4. The van der Waals surface area contributed by atoms with Gasteiger partial charge in [0.05, 0.1) is 11.9 Å². The molecule has 3 rings (SSSR count). The molecule has 0 bridgehead atoms. The molecule has 0 aliphatic carbocycles. The van der Waals surface area contributed by atoms with Crippen molar-refractivity contribution >= 4 is 28.9 Å². The lowest BCUT2D eigenvalue weighted by atomic mass is 10.1. The Morgan fingerprint density at radius 1 is 1.07 bits per heavy atom. The summed E-state index contributed by atoms with van der Waals surface area (Å²) in [5, 5.41) is 17.4. The Kier molecular flexibility index (Phi) is 5.37. The number of carbonyl (C=O) groups excluding carboxylic acids is 1. The smallest absolute Gasteiger partial charge is 0.294 e. The maximum Gasteiger partial charge on any atom is 0.294 e. The summed E-state index contributed by atoms with van der Waals surface area (Å²) < 4.78 is 1.43. The van der Waals surface area contributed by atoms with Crippen molar-refractivity contribution in [3.05, 3.63) is 71.5 Å². The Hall–Kier alpha value is -3.39. The zero-order valence-corrected chi connectivity index (χ0v) is 15.7. The molecule has 1 heterocycles. The van der Waals surface area contributed by atoms with Crippen LogP contribution in [0.3, 0.4) is 0 Å². The fourth-order valence-corrected chi connectivity index (χ4v) is 2.61. The molecule has 27 heavy (non-hydrogen) atoms. The van der Waals surface area contributed by atoms with Crippen molar-refractivity contribution in [1.82, 2.24) is 20.6 Å². The second kappa shape index (κ2) is 7.88. The fraction of sp³-hybridized carbons (Fsp3) is 0.105. The Bertz CT molecular complexity index is 985. The number of nitrogens with zero attached hydrogens (tertiary/aromatic N) is 2. The summed E-state index contributed by atoms with van der Waals surface area (Å²) in [5.41, 5.74) is 8.70. The molecule has 0 fully saturated rings. The van der Waals surface area contributed by atoms with Gasteiger partial charge in [-0.2, -0.15) is 5.10 Å². The molecule has 8 heteroatoms. The normalized spacial score (nSPS) is 10.3. The number of hydrogen-bond donors (Lipinski definition) is 4. The van der Waals surface area contributed by atoms with E-state index in [0.717, 1.165) is 22.5 Å². The summed E-state index contributed by atoms with van der Waals surface area (Å²) in [6.45, 7) is 3.98. The molecule has 7 nitrogen and oxygen atoms in total. The molecule has 0 saturated carbocycles. The third-order valence-corrected chi connectivity index (χ3v) is 4.28. The molecular formula is C19H19N5O2S. The van der Waals surface area contributed by atoms with Gasteiger partial charge in [-0.25, -0.2) is 4.68 Å². The summed E-state index contributed by atoms with van der Waals surface area (Å²) in [5.74, 6) is -0.834. The number of thiocarbonyl (C=S) groups is 1. The highest BCUT2D eigenvalue weighted by molar-refractivity contribution is 7.80.